The summed E-state index contributed by atoms with van der Waals surface area (Å²) in [5, 5.41) is 5.99. The zero-order valence-electron chi connectivity index (χ0n) is 20.9. The number of aromatic nitrogens is 2. The van der Waals surface area contributed by atoms with Gasteiger partial charge in [-0.2, -0.15) is 9.40 Å². The van der Waals surface area contributed by atoms with Gasteiger partial charge in [0.1, 0.15) is 22.2 Å². The van der Waals surface area contributed by atoms with E-state index in [1.54, 1.807) is 48.3 Å². The van der Waals surface area contributed by atoms with Crippen molar-refractivity contribution in [3.05, 3.63) is 95.6 Å². The molecule has 2 aromatic carbocycles. The fourth-order valence-corrected chi connectivity index (χ4v) is 6.32. The maximum atomic E-state index is 13.5. The first-order valence-electron chi connectivity index (χ1n) is 11.7. The molecule has 10 heteroatoms. The first kappa shape index (κ1) is 26.6. The van der Waals surface area contributed by atoms with Gasteiger partial charge in [0, 0.05) is 32.4 Å². The summed E-state index contributed by atoms with van der Waals surface area (Å²) in [5.41, 5.74) is 1.73. The summed E-state index contributed by atoms with van der Waals surface area (Å²) in [6.45, 7) is 5.41. The molecular weight excluding hydrogens is 510 g/mol. The SMILES string of the molecule is CC(=O)OC(C)(C)COc1cccc(CN(Cc2ccc(-n3cccn3)cc2)S(=O)(=O)c2cccs2)c1. The molecule has 2 aromatic heterocycles. The fraction of sp³-hybridized carbons (Fsp3) is 0.259. The molecule has 4 rings (SSSR count). The van der Waals surface area contributed by atoms with Crippen LogP contribution in [0.2, 0.25) is 0 Å². The molecule has 4 aromatic rings. The van der Waals surface area contributed by atoms with Crippen LogP contribution in [-0.2, 0) is 32.6 Å². The smallest absolute Gasteiger partial charge is 0.303 e. The second-order valence-electron chi connectivity index (χ2n) is 9.11. The van der Waals surface area contributed by atoms with Gasteiger partial charge in [-0.25, -0.2) is 13.1 Å². The van der Waals surface area contributed by atoms with E-state index in [9.17, 15) is 13.2 Å². The number of hydrogen-bond acceptors (Lipinski definition) is 7. The second-order valence-corrected chi connectivity index (χ2v) is 12.2. The number of esters is 1. The summed E-state index contributed by atoms with van der Waals surface area (Å²) in [4.78, 5) is 11.3. The molecule has 0 amide bonds. The van der Waals surface area contributed by atoms with Crippen LogP contribution in [0.25, 0.3) is 5.69 Å². The minimum absolute atomic E-state index is 0.158. The van der Waals surface area contributed by atoms with E-state index in [-0.39, 0.29) is 29.9 Å². The average Bonchev–Trinajstić information content (AvgIpc) is 3.57. The number of thiophene rings is 1. The topological polar surface area (TPSA) is 90.7 Å². The van der Waals surface area contributed by atoms with E-state index in [1.807, 2.05) is 54.7 Å². The van der Waals surface area contributed by atoms with Gasteiger partial charge in [0.25, 0.3) is 10.0 Å². The van der Waals surface area contributed by atoms with Gasteiger partial charge in [0.05, 0.1) is 5.69 Å². The molecule has 0 aliphatic carbocycles. The third-order valence-corrected chi connectivity index (χ3v) is 8.58. The Hall–Kier alpha value is -3.47. The van der Waals surface area contributed by atoms with Crippen LogP contribution in [0.1, 0.15) is 31.9 Å². The molecule has 2 heterocycles. The molecule has 0 aliphatic rings. The average molecular weight is 540 g/mol. The first-order valence-corrected chi connectivity index (χ1v) is 14.0. The summed E-state index contributed by atoms with van der Waals surface area (Å²) >= 11 is 1.19. The number of sulfonamides is 1. The Kier molecular flexibility index (Phi) is 8.11. The third-order valence-electron chi connectivity index (χ3n) is 5.42. The molecule has 0 radical (unpaired) electrons. The number of benzene rings is 2. The highest BCUT2D eigenvalue weighted by Gasteiger charge is 2.26. The van der Waals surface area contributed by atoms with Crippen LogP contribution in [0.15, 0.2) is 88.7 Å². The van der Waals surface area contributed by atoms with Crippen molar-refractivity contribution >= 4 is 27.3 Å². The lowest BCUT2D eigenvalue weighted by molar-refractivity contribution is -0.156. The monoisotopic (exact) mass is 539 g/mol. The Balaban J connectivity index is 1.54. The summed E-state index contributed by atoms with van der Waals surface area (Å²) < 4.78 is 41.7. The Labute approximate surface area is 221 Å². The van der Waals surface area contributed by atoms with Crippen molar-refractivity contribution in [1.29, 1.82) is 0 Å². The van der Waals surface area contributed by atoms with Gasteiger partial charge in [-0.3, -0.25) is 4.79 Å². The zero-order valence-corrected chi connectivity index (χ0v) is 22.5. The largest absolute Gasteiger partial charge is 0.489 e. The molecule has 0 spiro atoms. The molecular formula is C27H29N3O5S2. The van der Waals surface area contributed by atoms with Gasteiger partial charge in [-0.05, 0) is 66.8 Å². The van der Waals surface area contributed by atoms with Crippen LogP contribution in [-0.4, -0.2) is 40.7 Å². The van der Waals surface area contributed by atoms with Gasteiger partial charge in [-0.15, -0.1) is 11.3 Å². The molecule has 8 nitrogen and oxygen atoms in total. The maximum Gasteiger partial charge on any atom is 0.303 e. The number of carbonyl (C=O) groups is 1. The standard InChI is InChI=1S/C27H29N3O5S2/c1-21(31)35-27(2,3)20-34-25-8-4-7-23(17-25)19-29(37(32,33)26-9-5-16-36-26)18-22-10-12-24(13-11-22)30-15-6-14-28-30/h4-17H,18-20H2,1-3H3. The predicted octanol–water partition coefficient (Wildman–Crippen LogP) is 5.05. The van der Waals surface area contributed by atoms with E-state index in [0.717, 1.165) is 16.8 Å². The summed E-state index contributed by atoms with van der Waals surface area (Å²) in [5.74, 6) is 0.184. The van der Waals surface area contributed by atoms with Crippen LogP contribution in [0.4, 0.5) is 0 Å². The molecule has 0 fully saturated rings. The normalized spacial score (nSPS) is 12.0. The van der Waals surface area contributed by atoms with E-state index in [0.29, 0.717) is 5.75 Å². The van der Waals surface area contributed by atoms with Crippen LogP contribution < -0.4 is 4.74 Å². The minimum Gasteiger partial charge on any atom is -0.489 e. The lowest BCUT2D eigenvalue weighted by atomic mass is 10.1. The molecule has 194 valence electrons. The quantitative estimate of drug-likeness (QED) is 0.248. The molecule has 0 saturated heterocycles. The number of nitrogens with zero attached hydrogens (tertiary/aromatic N) is 3. The minimum atomic E-state index is -3.73. The Morgan fingerprint density at radius 3 is 2.43 bits per heavy atom. The van der Waals surface area contributed by atoms with Crippen molar-refractivity contribution in [1.82, 2.24) is 14.1 Å². The molecule has 0 aliphatic heterocycles. The zero-order chi connectivity index (χ0) is 26.5. The van der Waals surface area contributed by atoms with E-state index in [2.05, 4.69) is 5.10 Å². The van der Waals surface area contributed by atoms with Gasteiger partial charge >= 0.3 is 5.97 Å². The van der Waals surface area contributed by atoms with E-state index in [4.69, 9.17) is 9.47 Å². The molecule has 0 atom stereocenters. The highest BCUT2D eigenvalue weighted by atomic mass is 32.2. The summed E-state index contributed by atoms with van der Waals surface area (Å²) in [7, 11) is -3.73. The van der Waals surface area contributed by atoms with E-state index >= 15 is 0 Å². The van der Waals surface area contributed by atoms with Crippen LogP contribution >= 0.6 is 11.3 Å². The van der Waals surface area contributed by atoms with Crippen molar-refractivity contribution in [3.63, 3.8) is 0 Å². The predicted molar refractivity (Wildman–Crippen MR) is 142 cm³/mol. The highest BCUT2D eigenvalue weighted by Crippen LogP contribution is 2.26. The Morgan fingerprint density at radius 2 is 1.78 bits per heavy atom. The number of carbonyl (C=O) groups excluding carboxylic acids is 1. The van der Waals surface area contributed by atoms with Gasteiger partial charge < -0.3 is 9.47 Å². The van der Waals surface area contributed by atoms with Crippen molar-refractivity contribution in [2.45, 2.75) is 43.7 Å². The first-order chi connectivity index (χ1) is 17.6. The number of hydrogen-bond donors (Lipinski definition) is 0. The molecule has 0 bridgehead atoms. The second kappa shape index (κ2) is 11.3. The highest BCUT2D eigenvalue weighted by molar-refractivity contribution is 7.91. The summed E-state index contributed by atoms with van der Waals surface area (Å²) in [6.07, 6.45) is 3.56. The number of ether oxygens (including phenoxy) is 2. The number of rotatable bonds is 11. The Morgan fingerprint density at radius 1 is 1.03 bits per heavy atom. The van der Waals surface area contributed by atoms with Crippen molar-refractivity contribution in [2.24, 2.45) is 0 Å². The van der Waals surface area contributed by atoms with Crippen LogP contribution in [0.5, 0.6) is 5.75 Å². The van der Waals surface area contributed by atoms with E-state index < -0.39 is 15.6 Å². The third kappa shape index (κ3) is 7.06. The van der Waals surface area contributed by atoms with E-state index in [1.165, 1.54) is 22.6 Å². The fourth-order valence-electron chi connectivity index (χ4n) is 3.76. The molecule has 0 N–H and O–H groups in total. The van der Waals surface area contributed by atoms with Crippen LogP contribution in [0, 0.1) is 0 Å². The lowest BCUT2D eigenvalue weighted by Crippen LogP contribution is -2.34. The summed E-state index contributed by atoms with van der Waals surface area (Å²) in [6, 6.07) is 20.1. The molecule has 37 heavy (non-hydrogen) atoms. The molecule has 0 saturated carbocycles. The van der Waals surface area contributed by atoms with Gasteiger partial charge in [-0.1, -0.05) is 30.3 Å². The molecule has 0 unspecified atom stereocenters. The van der Waals surface area contributed by atoms with Crippen molar-refractivity contribution in [3.8, 4) is 11.4 Å². The maximum absolute atomic E-state index is 13.5. The van der Waals surface area contributed by atoms with Gasteiger partial charge in [0.2, 0.25) is 0 Å². The van der Waals surface area contributed by atoms with Crippen molar-refractivity contribution < 1.29 is 22.7 Å². The Bertz CT molecular complexity index is 1420. The van der Waals surface area contributed by atoms with Crippen LogP contribution in [0.3, 0.4) is 0 Å². The van der Waals surface area contributed by atoms with Gasteiger partial charge in [0.15, 0.2) is 0 Å². The lowest BCUT2D eigenvalue weighted by Gasteiger charge is -2.25. The van der Waals surface area contributed by atoms with Crippen molar-refractivity contribution in [2.75, 3.05) is 6.61 Å².